The number of carbonyl (C=O) groups excluding carboxylic acids is 2. The van der Waals surface area contributed by atoms with Crippen molar-refractivity contribution >= 4 is 23.2 Å². The lowest BCUT2D eigenvalue weighted by atomic mass is 10.1. The van der Waals surface area contributed by atoms with Crippen molar-refractivity contribution in [3.05, 3.63) is 69.5 Å². The smallest absolute Gasteiger partial charge is 0.270 e. The van der Waals surface area contributed by atoms with Crippen molar-refractivity contribution in [2.24, 2.45) is 0 Å². The molecule has 0 heterocycles. The average Bonchev–Trinajstić information content (AvgIpc) is 2.67. The first-order chi connectivity index (χ1) is 13.2. The Morgan fingerprint density at radius 2 is 1.86 bits per heavy atom. The summed E-state index contributed by atoms with van der Waals surface area (Å²) in [6.45, 7) is 1.39. The van der Waals surface area contributed by atoms with Crippen molar-refractivity contribution in [2.75, 3.05) is 18.4 Å². The topological polar surface area (TPSA) is 92.6 Å². The van der Waals surface area contributed by atoms with E-state index in [4.69, 9.17) is 0 Å². The number of hydrogen-bond donors (Lipinski definition) is 1. The molecule has 0 saturated carbocycles. The van der Waals surface area contributed by atoms with Gasteiger partial charge in [0.15, 0.2) is 17.5 Å². The minimum atomic E-state index is -1.73. The van der Waals surface area contributed by atoms with Gasteiger partial charge in [0, 0.05) is 24.2 Å². The van der Waals surface area contributed by atoms with Gasteiger partial charge in [-0.3, -0.25) is 19.7 Å². The lowest BCUT2D eigenvalue weighted by molar-refractivity contribution is -0.384. The number of amides is 2. The average molecular weight is 395 g/mol. The molecule has 0 aliphatic heterocycles. The first-order valence-corrected chi connectivity index (χ1v) is 8.21. The molecule has 0 bridgehead atoms. The molecule has 10 heteroatoms. The highest BCUT2D eigenvalue weighted by molar-refractivity contribution is 5.99. The maximum absolute atomic E-state index is 13.7. The quantitative estimate of drug-likeness (QED) is 0.441. The first kappa shape index (κ1) is 20.9. The zero-order valence-corrected chi connectivity index (χ0v) is 14.7. The van der Waals surface area contributed by atoms with Crippen LogP contribution in [0.5, 0.6) is 0 Å². The molecular formula is C18H16F3N3O4. The van der Waals surface area contributed by atoms with Gasteiger partial charge in [-0.1, -0.05) is 13.0 Å². The summed E-state index contributed by atoms with van der Waals surface area (Å²) in [6, 6.07) is 6.53. The molecule has 7 nitrogen and oxygen atoms in total. The number of anilines is 1. The third-order valence-electron chi connectivity index (χ3n) is 3.73. The Bertz CT molecular complexity index is 921. The number of nitro benzene ring substituents is 1. The summed E-state index contributed by atoms with van der Waals surface area (Å²) in [4.78, 5) is 36.1. The molecule has 0 aliphatic carbocycles. The lowest BCUT2D eigenvalue weighted by Crippen LogP contribution is -2.38. The monoisotopic (exact) mass is 395 g/mol. The fourth-order valence-electron chi connectivity index (χ4n) is 2.44. The number of nitrogens with one attached hydrogen (secondary N) is 1. The van der Waals surface area contributed by atoms with Gasteiger partial charge < -0.3 is 10.2 Å². The van der Waals surface area contributed by atoms with Gasteiger partial charge in [-0.2, -0.15) is 0 Å². The third-order valence-corrected chi connectivity index (χ3v) is 3.73. The molecule has 2 aromatic carbocycles. The first-order valence-electron chi connectivity index (χ1n) is 8.21. The van der Waals surface area contributed by atoms with Crippen LogP contribution in [-0.2, 0) is 4.79 Å². The summed E-state index contributed by atoms with van der Waals surface area (Å²) < 4.78 is 39.9. The van der Waals surface area contributed by atoms with Crippen LogP contribution in [0.15, 0.2) is 36.4 Å². The van der Waals surface area contributed by atoms with E-state index in [1.54, 1.807) is 6.92 Å². The summed E-state index contributed by atoms with van der Waals surface area (Å²) in [5.41, 5.74) is -0.840. The van der Waals surface area contributed by atoms with E-state index in [2.05, 4.69) is 5.32 Å². The van der Waals surface area contributed by atoms with Crippen molar-refractivity contribution in [2.45, 2.75) is 13.3 Å². The molecule has 0 radical (unpaired) electrons. The van der Waals surface area contributed by atoms with Crippen LogP contribution in [0.2, 0.25) is 0 Å². The second-order valence-corrected chi connectivity index (χ2v) is 5.81. The van der Waals surface area contributed by atoms with E-state index in [0.29, 0.717) is 12.5 Å². The number of nitro groups is 1. The predicted octanol–water partition coefficient (Wildman–Crippen LogP) is 3.50. The number of benzene rings is 2. The molecule has 1 N–H and O–H groups in total. The maximum atomic E-state index is 13.7. The predicted molar refractivity (Wildman–Crippen MR) is 94.2 cm³/mol. The highest BCUT2D eigenvalue weighted by atomic mass is 19.2. The number of nitrogens with zero attached hydrogens (tertiary/aromatic N) is 2. The van der Waals surface area contributed by atoms with E-state index >= 15 is 0 Å². The van der Waals surface area contributed by atoms with Crippen LogP contribution >= 0.6 is 0 Å². The molecule has 0 aromatic heterocycles. The van der Waals surface area contributed by atoms with Crippen LogP contribution in [0.4, 0.5) is 24.5 Å². The largest absolute Gasteiger partial charge is 0.329 e. The third kappa shape index (κ3) is 4.84. The zero-order chi connectivity index (χ0) is 20.8. The molecule has 0 fully saturated rings. The Morgan fingerprint density at radius 3 is 2.50 bits per heavy atom. The van der Waals surface area contributed by atoms with E-state index in [1.165, 1.54) is 18.2 Å². The number of halogens is 3. The van der Waals surface area contributed by atoms with Crippen LogP contribution in [0.25, 0.3) is 0 Å². The molecule has 0 atom stereocenters. The fraction of sp³-hybridized carbons (Fsp3) is 0.222. The fourth-order valence-corrected chi connectivity index (χ4v) is 2.44. The van der Waals surface area contributed by atoms with Gasteiger partial charge in [-0.15, -0.1) is 0 Å². The van der Waals surface area contributed by atoms with E-state index in [0.717, 1.165) is 17.0 Å². The highest BCUT2D eigenvalue weighted by Crippen LogP contribution is 2.20. The Balaban J connectivity index is 2.17. The molecular weight excluding hydrogens is 379 g/mol. The number of carbonyl (C=O) groups is 2. The maximum Gasteiger partial charge on any atom is 0.270 e. The molecule has 0 saturated heterocycles. The van der Waals surface area contributed by atoms with Crippen LogP contribution < -0.4 is 5.32 Å². The van der Waals surface area contributed by atoms with Crippen LogP contribution in [0.1, 0.15) is 23.7 Å². The lowest BCUT2D eigenvalue weighted by Gasteiger charge is -2.21. The van der Waals surface area contributed by atoms with Gasteiger partial charge in [-0.05, 0) is 24.6 Å². The SMILES string of the molecule is CCCN(CC(=O)Nc1ccc(F)c(F)c1F)C(=O)c1cccc([N+](=O)[O-])c1. The van der Waals surface area contributed by atoms with Crippen molar-refractivity contribution in [1.29, 1.82) is 0 Å². The minimum Gasteiger partial charge on any atom is -0.329 e. The molecule has 0 unspecified atom stereocenters. The second-order valence-electron chi connectivity index (χ2n) is 5.81. The van der Waals surface area contributed by atoms with Gasteiger partial charge in [0.05, 0.1) is 10.6 Å². The summed E-state index contributed by atoms with van der Waals surface area (Å²) in [7, 11) is 0. The number of non-ortho nitro benzene ring substituents is 1. The summed E-state index contributed by atoms with van der Waals surface area (Å²) in [5, 5.41) is 12.9. The number of rotatable bonds is 7. The summed E-state index contributed by atoms with van der Waals surface area (Å²) >= 11 is 0. The highest BCUT2D eigenvalue weighted by Gasteiger charge is 2.21. The second kappa shape index (κ2) is 8.98. The standard InChI is InChI=1S/C18H16F3N3O4/c1-2-8-23(18(26)11-4-3-5-12(9-11)24(27)28)10-15(25)22-14-7-6-13(19)16(20)17(14)21/h3-7,9H,2,8,10H2,1H3,(H,22,25). The van der Waals surface area contributed by atoms with Crippen LogP contribution in [-0.4, -0.2) is 34.7 Å². The molecule has 148 valence electrons. The van der Waals surface area contributed by atoms with Gasteiger partial charge in [-0.25, -0.2) is 13.2 Å². The van der Waals surface area contributed by atoms with Gasteiger partial charge in [0.25, 0.3) is 11.6 Å². The van der Waals surface area contributed by atoms with Crippen LogP contribution in [0, 0.1) is 27.6 Å². The zero-order valence-electron chi connectivity index (χ0n) is 14.7. The van der Waals surface area contributed by atoms with Gasteiger partial charge >= 0.3 is 0 Å². The molecule has 2 amide bonds. The van der Waals surface area contributed by atoms with E-state index in [-0.39, 0.29) is 17.8 Å². The molecule has 2 rings (SSSR count). The van der Waals surface area contributed by atoms with Gasteiger partial charge in [0.2, 0.25) is 5.91 Å². The minimum absolute atomic E-state index is 0.00876. The van der Waals surface area contributed by atoms with Crippen LogP contribution in [0.3, 0.4) is 0 Å². The van der Waals surface area contributed by atoms with Crippen molar-refractivity contribution < 1.29 is 27.7 Å². The molecule has 0 aliphatic rings. The summed E-state index contributed by atoms with van der Waals surface area (Å²) in [6.07, 6.45) is 0.480. The normalized spacial score (nSPS) is 10.4. The Kier molecular flexibility index (Phi) is 6.69. The van der Waals surface area contributed by atoms with Crippen molar-refractivity contribution in [1.82, 2.24) is 4.90 Å². The van der Waals surface area contributed by atoms with Gasteiger partial charge in [0.1, 0.15) is 6.54 Å². The van der Waals surface area contributed by atoms with Crippen molar-refractivity contribution in [3.8, 4) is 0 Å². The van der Waals surface area contributed by atoms with E-state index < -0.39 is 46.4 Å². The molecule has 2 aromatic rings. The van der Waals surface area contributed by atoms with Crippen molar-refractivity contribution in [3.63, 3.8) is 0 Å². The molecule has 0 spiro atoms. The molecule has 28 heavy (non-hydrogen) atoms. The Hall–Kier alpha value is -3.43. The Morgan fingerprint density at radius 1 is 1.14 bits per heavy atom. The van der Waals surface area contributed by atoms with E-state index in [1.807, 2.05) is 0 Å². The summed E-state index contributed by atoms with van der Waals surface area (Å²) in [5.74, 6) is -6.15. The Labute approximate surface area is 157 Å². The number of hydrogen-bond acceptors (Lipinski definition) is 4. The van der Waals surface area contributed by atoms with E-state index in [9.17, 15) is 32.9 Å².